The number of fused-ring (bicyclic) bond motifs is 1. The average molecular weight is 230 g/mol. The largest absolute Gasteiger partial charge is 0.506 e. The van der Waals surface area contributed by atoms with Crippen molar-refractivity contribution in [2.24, 2.45) is 0 Å². The zero-order valence-corrected chi connectivity index (χ0v) is 8.85. The third-order valence-corrected chi connectivity index (χ3v) is 2.17. The molecule has 1 N–H and O–H groups in total. The monoisotopic (exact) mass is 229 g/mol. The molecule has 4 heteroatoms. The van der Waals surface area contributed by atoms with Crippen molar-refractivity contribution in [2.75, 3.05) is 0 Å². The Kier molecular flexibility index (Phi) is 3.55. The van der Waals surface area contributed by atoms with Gasteiger partial charge in [0.15, 0.2) is 0 Å². The van der Waals surface area contributed by atoms with Gasteiger partial charge >= 0.3 is 0 Å². The lowest BCUT2D eigenvalue weighted by molar-refractivity contribution is 0.480. The Labute approximate surface area is 92.9 Å². The van der Waals surface area contributed by atoms with Crippen LogP contribution in [0.3, 0.4) is 0 Å². The zero-order valence-electron chi connectivity index (χ0n) is 7.27. The van der Waals surface area contributed by atoms with Crippen LogP contribution in [0.25, 0.3) is 10.9 Å². The molecule has 2 aromatic rings. The van der Waals surface area contributed by atoms with Gasteiger partial charge in [-0.15, -0.1) is 24.0 Å². The molecule has 0 atom stereocenters. The summed E-state index contributed by atoms with van der Waals surface area (Å²) in [4.78, 5) is 4.21. The maximum atomic E-state index is 9.49. The number of aromatic hydroxyl groups is 1. The van der Waals surface area contributed by atoms with Crippen LogP contribution in [0.15, 0.2) is 30.3 Å². The summed E-state index contributed by atoms with van der Waals surface area (Å²) in [6.45, 7) is 0. The van der Waals surface area contributed by atoms with Crippen LogP contribution < -0.4 is 0 Å². The average Bonchev–Trinajstić information content (AvgIpc) is 2.18. The molecule has 0 saturated carbocycles. The maximum Gasteiger partial charge on any atom is 0.141 e. The van der Waals surface area contributed by atoms with Crippen molar-refractivity contribution in [3.05, 3.63) is 36.0 Å². The number of para-hydroxylation sites is 1. The first-order chi connectivity index (χ1) is 6.31. The van der Waals surface area contributed by atoms with E-state index in [4.69, 9.17) is 11.6 Å². The van der Waals surface area contributed by atoms with E-state index in [2.05, 4.69) is 4.98 Å². The van der Waals surface area contributed by atoms with Crippen LogP contribution in [0, 0.1) is 0 Å². The fourth-order valence-electron chi connectivity index (χ4n) is 1.25. The number of rotatable bonds is 1. The number of alkyl halides is 1. The number of hydrogen-bond donors (Lipinski definition) is 1. The van der Waals surface area contributed by atoms with Crippen LogP contribution >= 0.6 is 24.0 Å². The van der Waals surface area contributed by atoms with Gasteiger partial charge in [-0.3, -0.25) is 0 Å². The lowest BCUT2D eigenvalue weighted by Crippen LogP contribution is -1.86. The van der Waals surface area contributed by atoms with Gasteiger partial charge in [-0.2, -0.15) is 0 Å². The Balaban J connectivity index is 0.000000980. The first-order valence-electron chi connectivity index (χ1n) is 3.95. The topological polar surface area (TPSA) is 33.1 Å². The maximum absolute atomic E-state index is 9.49. The van der Waals surface area contributed by atoms with Gasteiger partial charge in [0.1, 0.15) is 11.3 Å². The molecule has 0 bridgehead atoms. The Morgan fingerprint density at radius 1 is 1.21 bits per heavy atom. The smallest absolute Gasteiger partial charge is 0.141 e. The van der Waals surface area contributed by atoms with Crippen molar-refractivity contribution in [1.82, 2.24) is 4.98 Å². The summed E-state index contributed by atoms with van der Waals surface area (Å²) >= 11 is 5.64. The molecule has 1 heterocycles. The second-order valence-corrected chi connectivity index (χ2v) is 3.05. The molecule has 1 aromatic carbocycles. The molecule has 0 aliphatic carbocycles. The first-order valence-corrected chi connectivity index (χ1v) is 4.48. The van der Waals surface area contributed by atoms with Gasteiger partial charge in [0.2, 0.25) is 0 Å². The van der Waals surface area contributed by atoms with Crippen LogP contribution in [-0.4, -0.2) is 10.1 Å². The summed E-state index contributed by atoms with van der Waals surface area (Å²) in [5.41, 5.74) is 1.39. The summed E-state index contributed by atoms with van der Waals surface area (Å²) in [6.07, 6.45) is 0. The molecule has 0 saturated heterocycles. The minimum atomic E-state index is 0. The van der Waals surface area contributed by atoms with Crippen LogP contribution in [0.2, 0.25) is 0 Å². The van der Waals surface area contributed by atoms with Gasteiger partial charge in [0.05, 0.1) is 11.6 Å². The fourth-order valence-corrected chi connectivity index (χ4v) is 1.40. The minimum Gasteiger partial charge on any atom is -0.506 e. The molecule has 1 aromatic heterocycles. The predicted molar refractivity (Wildman–Crippen MR) is 60.2 cm³/mol. The van der Waals surface area contributed by atoms with Crippen molar-refractivity contribution in [3.63, 3.8) is 0 Å². The highest BCUT2D eigenvalue weighted by Gasteiger charge is 2.00. The Hall–Kier alpha value is -0.990. The van der Waals surface area contributed by atoms with Crippen LogP contribution in [0.5, 0.6) is 5.75 Å². The molecule has 14 heavy (non-hydrogen) atoms. The Morgan fingerprint density at radius 3 is 2.71 bits per heavy atom. The van der Waals surface area contributed by atoms with E-state index in [1.165, 1.54) is 0 Å². The molecular weight excluding hydrogens is 221 g/mol. The summed E-state index contributed by atoms with van der Waals surface area (Å²) in [5, 5.41) is 10.4. The lowest BCUT2D eigenvalue weighted by atomic mass is 10.2. The molecule has 0 amide bonds. The quantitative estimate of drug-likeness (QED) is 0.763. The zero-order chi connectivity index (χ0) is 9.26. The Morgan fingerprint density at radius 2 is 2.00 bits per heavy atom. The highest BCUT2D eigenvalue weighted by Crippen LogP contribution is 2.22. The number of hydrogen-bond acceptors (Lipinski definition) is 2. The second kappa shape index (κ2) is 4.49. The highest BCUT2D eigenvalue weighted by molar-refractivity contribution is 6.17. The number of phenolic OH excluding ortho intramolecular Hbond substituents is 1. The highest BCUT2D eigenvalue weighted by atomic mass is 35.5. The predicted octanol–water partition coefficient (Wildman–Crippen LogP) is 3.10. The summed E-state index contributed by atoms with van der Waals surface area (Å²) in [6, 6.07) is 9.07. The number of halogens is 2. The van der Waals surface area contributed by atoms with Gasteiger partial charge in [-0.05, 0) is 12.1 Å². The van der Waals surface area contributed by atoms with Crippen LogP contribution in [0.1, 0.15) is 5.69 Å². The number of phenols is 1. The molecule has 0 radical (unpaired) electrons. The fraction of sp³-hybridized carbons (Fsp3) is 0.100. The SMILES string of the molecule is Cl.Oc1cccc2ccc(CCl)nc12. The number of nitrogens with zero attached hydrogens (tertiary/aromatic N) is 1. The van der Waals surface area contributed by atoms with Crippen molar-refractivity contribution >= 4 is 34.9 Å². The standard InChI is InChI=1S/C10H8ClNO.ClH/c11-6-8-5-4-7-2-1-3-9(13)10(7)12-8;/h1-5,13H,6H2;1H. The molecule has 74 valence electrons. The number of pyridine rings is 1. The van der Waals surface area contributed by atoms with E-state index in [0.29, 0.717) is 11.4 Å². The third kappa shape index (κ3) is 1.91. The molecule has 0 unspecified atom stereocenters. The van der Waals surface area contributed by atoms with Crippen LogP contribution in [-0.2, 0) is 5.88 Å². The number of aromatic nitrogens is 1. The van der Waals surface area contributed by atoms with Crippen molar-refractivity contribution in [1.29, 1.82) is 0 Å². The van der Waals surface area contributed by atoms with Gasteiger partial charge in [-0.25, -0.2) is 4.98 Å². The van der Waals surface area contributed by atoms with Crippen LogP contribution in [0.4, 0.5) is 0 Å². The summed E-state index contributed by atoms with van der Waals surface area (Å²) in [5.74, 6) is 0.564. The molecule has 2 nitrogen and oxygen atoms in total. The van der Waals surface area contributed by atoms with E-state index < -0.39 is 0 Å². The number of benzene rings is 1. The van der Waals surface area contributed by atoms with Gasteiger partial charge in [0, 0.05) is 5.39 Å². The molecular formula is C10H9Cl2NO. The normalized spacial score (nSPS) is 9.79. The van der Waals surface area contributed by atoms with E-state index in [1.54, 1.807) is 12.1 Å². The lowest BCUT2D eigenvalue weighted by Gasteiger charge is -2.01. The van der Waals surface area contributed by atoms with Gasteiger partial charge in [-0.1, -0.05) is 18.2 Å². The molecule has 0 fully saturated rings. The van der Waals surface area contributed by atoms with E-state index in [9.17, 15) is 5.11 Å². The second-order valence-electron chi connectivity index (χ2n) is 2.79. The summed E-state index contributed by atoms with van der Waals surface area (Å²) in [7, 11) is 0. The third-order valence-electron chi connectivity index (χ3n) is 1.89. The molecule has 0 spiro atoms. The summed E-state index contributed by atoms with van der Waals surface area (Å²) < 4.78 is 0. The van der Waals surface area contributed by atoms with Crippen molar-refractivity contribution < 1.29 is 5.11 Å². The minimum absolute atomic E-state index is 0. The van der Waals surface area contributed by atoms with E-state index in [0.717, 1.165) is 11.1 Å². The van der Waals surface area contributed by atoms with Gasteiger partial charge < -0.3 is 5.11 Å². The van der Waals surface area contributed by atoms with E-state index in [-0.39, 0.29) is 18.2 Å². The molecule has 0 aliphatic heterocycles. The van der Waals surface area contributed by atoms with Gasteiger partial charge in [0.25, 0.3) is 0 Å². The van der Waals surface area contributed by atoms with E-state index >= 15 is 0 Å². The van der Waals surface area contributed by atoms with E-state index in [1.807, 2.05) is 18.2 Å². The van der Waals surface area contributed by atoms with Crippen molar-refractivity contribution in [2.45, 2.75) is 5.88 Å². The molecule has 2 rings (SSSR count). The van der Waals surface area contributed by atoms with Crippen molar-refractivity contribution in [3.8, 4) is 5.75 Å². The first kappa shape index (κ1) is 11.1. The molecule has 0 aliphatic rings. The Bertz CT molecular complexity index is 445.